The highest BCUT2D eigenvalue weighted by atomic mass is 16.6. The Kier molecular flexibility index (Phi) is 11.4. The molecule has 13 nitrogen and oxygen atoms in total. The molecule has 0 heterocycles. The molecule has 0 aliphatic rings. The first-order valence-corrected chi connectivity index (χ1v) is 12.0. The van der Waals surface area contributed by atoms with Gasteiger partial charge in [0.15, 0.2) is 6.04 Å². The van der Waals surface area contributed by atoms with Crippen LogP contribution in [0.5, 0.6) is 0 Å². The number of hydroxylamine groups is 2. The maximum Gasteiger partial charge on any atom is 0.408 e. The third-order valence-electron chi connectivity index (χ3n) is 5.24. The van der Waals surface area contributed by atoms with E-state index < -0.39 is 53.4 Å². The van der Waals surface area contributed by atoms with Crippen LogP contribution in [0.1, 0.15) is 31.9 Å². The van der Waals surface area contributed by atoms with Crippen molar-refractivity contribution >= 4 is 29.7 Å². The van der Waals surface area contributed by atoms with Crippen molar-refractivity contribution in [1.82, 2.24) is 26.9 Å². The number of rotatable bonds is 11. The van der Waals surface area contributed by atoms with Crippen LogP contribution in [0.2, 0.25) is 0 Å². The monoisotopic (exact) mass is 543 g/mol. The number of benzene rings is 2. The zero-order valence-corrected chi connectivity index (χ0v) is 21.8. The Morgan fingerprint density at radius 2 is 1.08 bits per heavy atom. The summed E-state index contributed by atoms with van der Waals surface area (Å²) in [4.78, 5) is 62.9. The van der Waals surface area contributed by atoms with Crippen LogP contribution in [0.15, 0.2) is 60.7 Å². The summed E-state index contributed by atoms with van der Waals surface area (Å²) in [5.74, 6) is -4.36. The van der Waals surface area contributed by atoms with Gasteiger partial charge in [0.05, 0.1) is 0 Å². The molecule has 2 rings (SSSR count). The minimum atomic E-state index is -2.01. The van der Waals surface area contributed by atoms with E-state index in [1.165, 1.54) is 11.0 Å². The SMILES string of the molecule is CC(C)(C)OC(=O)N[C@@H](Cc1ccccc1)C(=O)N[C@@H](Cc1ccccc1)C(=O)NC(C(=O)NO)C(=O)NO. The molecule has 0 saturated carbocycles. The summed E-state index contributed by atoms with van der Waals surface area (Å²) < 4.78 is 5.29. The van der Waals surface area contributed by atoms with Crippen molar-refractivity contribution in [2.24, 2.45) is 0 Å². The zero-order valence-electron chi connectivity index (χ0n) is 21.8. The fourth-order valence-corrected chi connectivity index (χ4v) is 3.46. The minimum absolute atomic E-state index is 0.0584. The molecule has 0 aromatic heterocycles. The van der Waals surface area contributed by atoms with Gasteiger partial charge in [-0.25, -0.2) is 15.8 Å². The quantitative estimate of drug-likeness (QED) is 0.120. The van der Waals surface area contributed by atoms with Crippen LogP contribution in [-0.2, 0) is 36.8 Å². The molecule has 39 heavy (non-hydrogen) atoms. The van der Waals surface area contributed by atoms with Crippen LogP contribution >= 0.6 is 0 Å². The lowest BCUT2D eigenvalue weighted by Gasteiger charge is -2.26. The Hall–Kier alpha value is -4.49. The molecule has 5 amide bonds. The molecule has 0 unspecified atom stereocenters. The number of carbonyl (C=O) groups excluding carboxylic acids is 5. The molecule has 2 aromatic rings. The number of hydrogen-bond acceptors (Lipinski definition) is 8. The van der Waals surface area contributed by atoms with E-state index >= 15 is 0 Å². The largest absolute Gasteiger partial charge is 0.444 e. The standard InChI is InChI=1S/C26H33N5O8/c1-26(2,3)39-25(36)28-19(15-17-12-8-5-9-13-17)21(32)27-18(14-16-10-6-4-7-11-16)22(33)29-20(23(34)30-37)24(35)31-38/h4-13,18-20,37-38H,14-15H2,1-3H3,(H,27,32)(H,28,36)(H,29,33)(H,30,34)(H,31,35)/t18-,19-/m0/s1. The van der Waals surface area contributed by atoms with Gasteiger partial charge in [0.2, 0.25) is 11.8 Å². The van der Waals surface area contributed by atoms with Gasteiger partial charge >= 0.3 is 6.09 Å². The highest BCUT2D eigenvalue weighted by Gasteiger charge is 2.33. The van der Waals surface area contributed by atoms with E-state index in [9.17, 15) is 24.0 Å². The van der Waals surface area contributed by atoms with Gasteiger partial charge in [0, 0.05) is 12.8 Å². The van der Waals surface area contributed by atoms with E-state index in [1.807, 2.05) is 0 Å². The number of nitrogens with one attached hydrogen (secondary N) is 5. The molecule has 13 heteroatoms. The maximum absolute atomic E-state index is 13.4. The number of alkyl carbamates (subject to hydrolysis) is 1. The Morgan fingerprint density at radius 3 is 1.49 bits per heavy atom. The van der Waals surface area contributed by atoms with E-state index in [0.29, 0.717) is 5.56 Å². The van der Waals surface area contributed by atoms with Crippen LogP contribution in [-0.4, -0.2) is 63.9 Å². The lowest BCUT2D eigenvalue weighted by atomic mass is 10.0. The first-order valence-electron chi connectivity index (χ1n) is 12.0. The van der Waals surface area contributed by atoms with Crippen LogP contribution < -0.4 is 26.9 Å². The van der Waals surface area contributed by atoms with E-state index in [4.69, 9.17) is 15.2 Å². The van der Waals surface area contributed by atoms with E-state index in [-0.39, 0.29) is 12.8 Å². The summed E-state index contributed by atoms with van der Waals surface area (Å²) in [6, 6.07) is 12.9. The molecule has 2 aromatic carbocycles. The molecule has 0 fully saturated rings. The highest BCUT2D eigenvalue weighted by Crippen LogP contribution is 2.10. The normalized spacial score (nSPS) is 12.5. The number of ether oxygens (including phenoxy) is 1. The topological polar surface area (TPSA) is 195 Å². The van der Waals surface area contributed by atoms with Gasteiger partial charge in [-0.1, -0.05) is 60.7 Å². The lowest BCUT2D eigenvalue weighted by molar-refractivity contribution is -0.145. The van der Waals surface area contributed by atoms with Crippen molar-refractivity contribution in [3.05, 3.63) is 71.8 Å². The molecular weight excluding hydrogens is 510 g/mol. The molecule has 2 atom stereocenters. The van der Waals surface area contributed by atoms with Crippen LogP contribution in [0.25, 0.3) is 0 Å². The van der Waals surface area contributed by atoms with Gasteiger partial charge in [-0.3, -0.25) is 29.6 Å². The van der Waals surface area contributed by atoms with Crippen LogP contribution in [0, 0.1) is 0 Å². The third kappa shape index (κ3) is 10.4. The van der Waals surface area contributed by atoms with Gasteiger partial charge in [0.1, 0.15) is 17.7 Å². The van der Waals surface area contributed by atoms with Crippen LogP contribution in [0.4, 0.5) is 4.79 Å². The summed E-state index contributed by atoms with van der Waals surface area (Å²) >= 11 is 0. The van der Waals surface area contributed by atoms with Gasteiger partial charge in [-0.15, -0.1) is 0 Å². The fourth-order valence-electron chi connectivity index (χ4n) is 3.46. The molecule has 0 radical (unpaired) electrons. The Bertz CT molecular complexity index is 1120. The van der Waals surface area contributed by atoms with Crippen LogP contribution in [0.3, 0.4) is 0 Å². The summed E-state index contributed by atoms with van der Waals surface area (Å²) in [5.41, 5.74) is 2.97. The second-order valence-corrected chi connectivity index (χ2v) is 9.53. The summed E-state index contributed by atoms with van der Waals surface area (Å²) in [6.45, 7) is 5.00. The Balaban J connectivity index is 2.33. The van der Waals surface area contributed by atoms with E-state index in [0.717, 1.165) is 5.56 Å². The first kappa shape index (κ1) is 30.7. The molecule has 0 aliphatic carbocycles. The molecule has 0 saturated heterocycles. The van der Waals surface area contributed by atoms with Gasteiger partial charge in [-0.05, 0) is 31.9 Å². The third-order valence-corrected chi connectivity index (χ3v) is 5.24. The molecular formula is C26H33N5O8. The van der Waals surface area contributed by atoms with Gasteiger partial charge < -0.3 is 20.7 Å². The number of carbonyl (C=O) groups is 5. The van der Waals surface area contributed by atoms with Gasteiger partial charge in [0.25, 0.3) is 11.8 Å². The second kappa shape index (κ2) is 14.4. The lowest BCUT2D eigenvalue weighted by Crippen LogP contribution is -2.60. The zero-order chi connectivity index (χ0) is 29.0. The summed E-state index contributed by atoms with van der Waals surface area (Å²) in [6.07, 6.45) is -0.840. The van der Waals surface area contributed by atoms with Gasteiger partial charge in [-0.2, -0.15) is 0 Å². The molecule has 0 spiro atoms. The van der Waals surface area contributed by atoms with Crippen molar-refractivity contribution in [3.63, 3.8) is 0 Å². The smallest absolute Gasteiger partial charge is 0.408 e. The predicted molar refractivity (Wildman–Crippen MR) is 137 cm³/mol. The Morgan fingerprint density at radius 1 is 0.667 bits per heavy atom. The number of hydrogen-bond donors (Lipinski definition) is 7. The van der Waals surface area contributed by atoms with E-state index in [1.54, 1.807) is 81.4 Å². The van der Waals surface area contributed by atoms with E-state index in [2.05, 4.69) is 16.0 Å². The number of amides is 5. The summed E-state index contributed by atoms with van der Waals surface area (Å²) in [5, 5.41) is 25.0. The summed E-state index contributed by atoms with van der Waals surface area (Å²) in [7, 11) is 0. The van der Waals surface area contributed by atoms with Crippen molar-refractivity contribution in [3.8, 4) is 0 Å². The average Bonchev–Trinajstić information content (AvgIpc) is 2.90. The molecule has 210 valence electrons. The second-order valence-electron chi connectivity index (χ2n) is 9.53. The highest BCUT2D eigenvalue weighted by molar-refractivity contribution is 6.07. The first-order chi connectivity index (χ1) is 18.4. The molecule has 0 bridgehead atoms. The molecule has 0 aliphatic heterocycles. The molecule has 7 N–H and O–H groups in total. The van der Waals surface area contributed by atoms with Crippen molar-refractivity contribution in [2.45, 2.75) is 57.3 Å². The Labute approximate surface area is 225 Å². The van der Waals surface area contributed by atoms with Crippen molar-refractivity contribution < 1.29 is 39.1 Å². The van der Waals surface area contributed by atoms with Crippen molar-refractivity contribution in [1.29, 1.82) is 0 Å². The fraction of sp³-hybridized carbons (Fsp3) is 0.346. The minimum Gasteiger partial charge on any atom is -0.444 e. The maximum atomic E-state index is 13.4. The van der Waals surface area contributed by atoms with Crippen molar-refractivity contribution in [2.75, 3.05) is 0 Å². The average molecular weight is 544 g/mol. The predicted octanol–water partition coefficient (Wildman–Crippen LogP) is 0.346.